The fourth-order valence-corrected chi connectivity index (χ4v) is 4.06. The summed E-state index contributed by atoms with van der Waals surface area (Å²) in [5, 5.41) is 0. The van der Waals surface area contributed by atoms with Crippen molar-refractivity contribution in [2.75, 3.05) is 6.26 Å². The largest absolute Gasteiger partial charge is 0.457 e. The molecule has 2 nitrogen and oxygen atoms in total. The van der Waals surface area contributed by atoms with Gasteiger partial charge < -0.3 is 4.74 Å². The minimum atomic E-state index is -0.232. The molecular weight excluding hydrogens is 300 g/mol. The van der Waals surface area contributed by atoms with E-state index in [1.54, 1.807) is 23.5 Å². The van der Waals surface area contributed by atoms with E-state index in [0.29, 0.717) is 0 Å². The predicted molar refractivity (Wildman–Crippen MR) is 87.0 cm³/mol. The van der Waals surface area contributed by atoms with E-state index in [-0.39, 0.29) is 12.1 Å². The van der Waals surface area contributed by atoms with E-state index >= 15 is 0 Å². The first-order valence-electron chi connectivity index (χ1n) is 6.78. The van der Waals surface area contributed by atoms with E-state index in [4.69, 9.17) is 4.74 Å². The molecule has 108 valence electrons. The van der Waals surface area contributed by atoms with E-state index in [2.05, 4.69) is 36.6 Å². The van der Waals surface area contributed by atoms with Gasteiger partial charge >= 0.3 is 5.97 Å². The summed E-state index contributed by atoms with van der Waals surface area (Å²) in [6.45, 7) is 1.47. The van der Waals surface area contributed by atoms with Crippen molar-refractivity contribution in [2.45, 2.75) is 34.1 Å². The highest BCUT2D eigenvalue weighted by Gasteiger charge is 2.25. The first-order valence-corrected chi connectivity index (χ1v) is 8.82. The molecule has 0 saturated heterocycles. The van der Waals surface area contributed by atoms with Gasteiger partial charge in [-0.2, -0.15) is 0 Å². The van der Waals surface area contributed by atoms with Gasteiger partial charge in [-0.1, -0.05) is 30.0 Å². The molecule has 0 aliphatic carbocycles. The van der Waals surface area contributed by atoms with Gasteiger partial charge in [0.15, 0.2) is 0 Å². The van der Waals surface area contributed by atoms with Crippen LogP contribution in [0.1, 0.15) is 24.2 Å². The van der Waals surface area contributed by atoms with Crippen molar-refractivity contribution in [1.29, 1.82) is 0 Å². The Hall–Kier alpha value is -1.39. The van der Waals surface area contributed by atoms with Gasteiger partial charge in [-0.15, -0.1) is 11.8 Å². The molecule has 21 heavy (non-hydrogen) atoms. The number of hydrogen-bond acceptors (Lipinski definition) is 4. The number of carbonyl (C=O) groups is 1. The number of thioether (sulfide) groups is 1. The number of carbonyl (C=O) groups excluding carboxylic acids is 1. The van der Waals surface area contributed by atoms with Gasteiger partial charge in [-0.3, -0.25) is 4.79 Å². The Kier molecular flexibility index (Phi) is 4.27. The molecule has 1 aliphatic heterocycles. The van der Waals surface area contributed by atoms with Crippen LogP contribution in [0.2, 0.25) is 0 Å². The SMILES string of the molecule is CSc1ccc2c(c1)[C@H](OC(C)=O)Cc1ccccc1S2. The molecule has 4 heteroatoms. The van der Waals surface area contributed by atoms with E-state index in [9.17, 15) is 4.79 Å². The molecule has 0 radical (unpaired) electrons. The molecular formula is C17H16O2S2. The zero-order valence-electron chi connectivity index (χ0n) is 12.0. The van der Waals surface area contributed by atoms with E-state index in [1.165, 1.54) is 27.2 Å². The van der Waals surface area contributed by atoms with Crippen molar-refractivity contribution in [3.05, 3.63) is 53.6 Å². The zero-order valence-corrected chi connectivity index (χ0v) is 13.6. The minimum absolute atomic E-state index is 0.208. The molecule has 0 unspecified atom stereocenters. The van der Waals surface area contributed by atoms with Crippen molar-refractivity contribution in [3.8, 4) is 0 Å². The average molecular weight is 316 g/mol. The summed E-state index contributed by atoms with van der Waals surface area (Å²) in [5.41, 5.74) is 2.34. The van der Waals surface area contributed by atoms with Gasteiger partial charge in [0, 0.05) is 33.6 Å². The highest BCUT2D eigenvalue weighted by molar-refractivity contribution is 7.99. The molecule has 2 aromatic carbocycles. The van der Waals surface area contributed by atoms with Crippen molar-refractivity contribution in [1.82, 2.24) is 0 Å². The summed E-state index contributed by atoms with van der Waals surface area (Å²) in [4.78, 5) is 15.1. The molecule has 0 saturated carbocycles. The zero-order chi connectivity index (χ0) is 14.8. The quantitative estimate of drug-likeness (QED) is 0.591. The average Bonchev–Trinajstić information content (AvgIpc) is 2.62. The molecule has 3 rings (SSSR count). The third-order valence-corrected chi connectivity index (χ3v) is 5.41. The monoisotopic (exact) mass is 316 g/mol. The Balaban J connectivity index is 2.09. The molecule has 1 heterocycles. The second kappa shape index (κ2) is 6.16. The second-order valence-corrected chi connectivity index (χ2v) is 6.88. The van der Waals surface area contributed by atoms with Crippen molar-refractivity contribution >= 4 is 29.5 Å². The summed E-state index contributed by atoms with van der Waals surface area (Å²) < 4.78 is 5.59. The van der Waals surface area contributed by atoms with Gasteiger partial charge in [0.05, 0.1) is 0 Å². The van der Waals surface area contributed by atoms with Crippen molar-refractivity contribution in [3.63, 3.8) is 0 Å². The standard InChI is InChI=1S/C17H16O2S2/c1-11(18)19-15-9-12-5-3-4-6-16(12)21-17-8-7-13(20-2)10-14(15)17/h3-8,10,15H,9H2,1-2H3/t15-/m1/s1. The Morgan fingerprint density at radius 1 is 1.24 bits per heavy atom. The van der Waals surface area contributed by atoms with Crippen LogP contribution < -0.4 is 0 Å². The molecule has 0 N–H and O–H groups in total. The first-order chi connectivity index (χ1) is 10.2. The number of benzene rings is 2. The summed E-state index contributed by atoms with van der Waals surface area (Å²) in [7, 11) is 0. The molecule has 0 fully saturated rings. The predicted octanol–water partition coefficient (Wildman–Crippen LogP) is 4.72. The molecule has 0 amide bonds. The maximum absolute atomic E-state index is 11.5. The topological polar surface area (TPSA) is 26.3 Å². The summed E-state index contributed by atoms with van der Waals surface area (Å²) in [6, 6.07) is 14.7. The maximum Gasteiger partial charge on any atom is 0.303 e. The lowest BCUT2D eigenvalue weighted by Crippen LogP contribution is -2.11. The summed E-state index contributed by atoms with van der Waals surface area (Å²) >= 11 is 3.46. The number of fused-ring (bicyclic) bond motifs is 2. The first kappa shape index (κ1) is 14.5. The number of esters is 1. The second-order valence-electron chi connectivity index (χ2n) is 4.92. The molecule has 2 aromatic rings. The lowest BCUT2D eigenvalue weighted by molar-refractivity contribution is -0.146. The minimum Gasteiger partial charge on any atom is -0.457 e. The summed E-state index contributed by atoms with van der Waals surface area (Å²) in [6.07, 6.45) is 2.58. The van der Waals surface area contributed by atoms with E-state index in [0.717, 1.165) is 12.0 Å². The number of hydrogen-bond donors (Lipinski definition) is 0. The van der Waals surface area contributed by atoms with Crippen molar-refractivity contribution < 1.29 is 9.53 Å². The van der Waals surface area contributed by atoms with E-state index < -0.39 is 0 Å². The van der Waals surface area contributed by atoms with Crippen LogP contribution in [-0.2, 0) is 16.0 Å². The van der Waals surface area contributed by atoms with Gasteiger partial charge in [-0.05, 0) is 36.1 Å². The van der Waals surface area contributed by atoms with Gasteiger partial charge in [0.2, 0.25) is 0 Å². The van der Waals surface area contributed by atoms with Crippen LogP contribution in [0, 0.1) is 0 Å². The van der Waals surface area contributed by atoms with Crippen LogP contribution in [-0.4, -0.2) is 12.2 Å². The third-order valence-electron chi connectivity index (χ3n) is 3.47. The van der Waals surface area contributed by atoms with Crippen molar-refractivity contribution in [2.24, 2.45) is 0 Å². The number of rotatable bonds is 2. The number of ether oxygens (including phenoxy) is 1. The van der Waals surface area contributed by atoms with Crippen LogP contribution in [0.4, 0.5) is 0 Å². The molecule has 0 spiro atoms. The van der Waals surface area contributed by atoms with E-state index in [1.807, 2.05) is 12.1 Å². The maximum atomic E-state index is 11.5. The van der Waals surface area contributed by atoms with Crippen LogP contribution in [0.15, 0.2) is 57.2 Å². The molecule has 0 bridgehead atoms. The van der Waals surface area contributed by atoms with Gasteiger partial charge in [0.1, 0.15) is 6.10 Å². The lowest BCUT2D eigenvalue weighted by atomic mass is 10.0. The molecule has 1 aliphatic rings. The Labute approximate surface area is 133 Å². The normalized spacial score (nSPS) is 16.6. The van der Waals surface area contributed by atoms with Crippen LogP contribution >= 0.6 is 23.5 Å². The Morgan fingerprint density at radius 3 is 2.81 bits per heavy atom. The smallest absolute Gasteiger partial charge is 0.303 e. The van der Waals surface area contributed by atoms with Crippen LogP contribution in [0.25, 0.3) is 0 Å². The lowest BCUT2D eigenvalue weighted by Gasteiger charge is -2.18. The van der Waals surface area contributed by atoms with Gasteiger partial charge in [0.25, 0.3) is 0 Å². The Bertz CT molecular complexity index is 682. The fraction of sp³-hybridized carbons (Fsp3) is 0.235. The fourth-order valence-electron chi connectivity index (χ4n) is 2.50. The van der Waals surface area contributed by atoms with Crippen LogP contribution in [0.5, 0.6) is 0 Å². The molecule has 0 aromatic heterocycles. The third kappa shape index (κ3) is 3.11. The van der Waals surface area contributed by atoms with Crippen LogP contribution in [0.3, 0.4) is 0 Å². The highest BCUT2D eigenvalue weighted by Crippen LogP contribution is 2.43. The summed E-state index contributed by atoms with van der Waals surface area (Å²) in [5.74, 6) is -0.232. The highest BCUT2D eigenvalue weighted by atomic mass is 32.2. The Morgan fingerprint density at radius 2 is 2.05 bits per heavy atom. The molecule has 1 atom stereocenters. The van der Waals surface area contributed by atoms with Gasteiger partial charge in [-0.25, -0.2) is 0 Å².